The Morgan fingerprint density at radius 3 is 2.58 bits per heavy atom. The number of hydrogen-bond acceptors (Lipinski definition) is 4. The number of anilines is 2. The van der Waals surface area contributed by atoms with Gasteiger partial charge in [0.1, 0.15) is 0 Å². The second-order valence-corrected chi connectivity index (χ2v) is 10.6. The number of thiocarbonyl (C=S) groups is 1. The zero-order chi connectivity index (χ0) is 22.8. The molecular formula is C27H37N5S. The van der Waals surface area contributed by atoms with Crippen LogP contribution in [0.1, 0.15) is 24.0 Å². The van der Waals surface area contributed by atoms with Gasteiger partial charge in [-0.1, -0.05) is 24.3 Å². The van der Waals surface area contributed by atoms with E-state index in [0.717, 1.165) is 35.7 Å². The normalized spacial score (nSPS) is 26.5. The van der Waals surface area contributed by atoms with Crippen molar-refractivity contribution in [1.82, 2.24) is 15.1 Å². The standard InChI is InChI=1S/C27H37N5S/c1-30(2)25-9-7-24(8-10-25)29-27(33)28-16-26-15-21-12-14-32(26)19-23(21)18-31-13-11-20-5-3-4-6-22(20)17-31/h3-10,21,23,26H,11-19H2,1-2H3,(H2,28,29,33)/t21-,23+,26+/m1/s1. The Kier molecular flexibility index (Phi) is 6.86. The second kappa shape index (κ2) is 10.00. The van der Waals surface area contributed by atoms with Crippen molar-refractivity contribution in [2.75, 3.05) is 57.0 Å². The fraction of sp³-hybridized carbons (Fsp3) is 0.519. The van der Waals surface area contributed by atoms with Gasteiger partial charge < -0.3 is 15.5 Å². The first-order valence-corrected chi connectivity index (χ1v) is 12.8. The summed E-state index contributed by atoms with van der Waals surface area (Å²) in [5.41, 5.74) is 5.30. The lowest BCUT2D eigenvalue weighted by Crippen LogP contribution is -2.58. The third-order valence-electron chi connectivity index (χ3n) is 7.86. The van der Waals surface area contributed by atoms with Gasteiger partial charge in [-0.2, -0.15) is 0 Å². The summed E-state index contributed by atoms with van der Waals surface area (Å²) in [6.07, 6.45) is 3.85. The quantitative estimate of drug-likeness (QED) is 0.634. The van der Waals surface area contributed by atoms with Crippen LogP contribution in [0.25, 0.3) is 0 Å². The lowest BCUT2D eigenvalue weighted by Gasteiger charge is -2.51. The molecule has 0 radical (unpaired) electrons. The minimum absolute atomic E-state index is 0.595. The Balaban J connectivity index is 1.09. The predicted molar refractivity (Wildman–Crippen MR) is 142 cm³/mol. The molecule has 2 aromatic rings. The van der Waals surface area contributed by atoms with Crippen LogP contribution in [0.2, 0.25) is 0 Å². The summed E-state index contributed by atoms with van der Waals surface area (Å²) >= 11 is 5.58. The minimum atomic E-state index is 0.595. The van der Waals surface area contributed by atoms with Gasteiger partial charge in [-0.3, -0.25) is 9.80 Å². The van der Waals surface area contributed by atoms with E-state index >= 15 is 0 Å². The Morgan fingerprint density at radius 2 is 1.85 bits per heavy atom. The Labute approximate surface area is 204 Å². The summed E-state index contributed by atoms with van der Waals surface area (Å²) in [5, 5.41) is 7.55. The molecule has 0 spiro atoms. The molecule has 2 N–H and O–H groups in total. The van der Waals surface area contributed by atoms with Crippen LogP contribution >= 0.6 is 12.2 Å². The molecule has 1 unspecified atom stereocenters. The first-order valence-electron chi connectivity index (χ1n) is 12.4. The number of nitrogens with one attached hydrogen (secondary N) is 2. The molecule has 4 aliphatic rings. The van der Waals surface area contributed by atoms with Crippen LogP contribution in [0.15, 0.2) is 48.5 Å². The van der Waals surface area contributed by atoms with E-state index in [0.29, 0.717) is 6.04 Å². The maximum atomic E-state index is 5.58. The molecule has 0 aliphatic carbocycles. The summed E-state index contributed by atoms with van der Waals surface area (Å²) < 4.78 is 0. The zero-order valence-corrected chi connectivity index (χ0v) is 20.8. The van der Waals surface area contributed by atoms with Gasteiger partial charge in [-0.15, -0.1) is 0 Å². The van der Waals surface area contributed by atoms with Crippen molar-refractivity contribution < 1.29 is 0 Å². The van der Waals surface area contributed by atoms with Crippen molar-refractivity contribution in [3.63, 3.8) is 0 Å². The molecule has 2 aromatic carbocycles. The highest BCUT2D eigenvalue weighted by Crippen LogP contribution is 2.37. The molecule has 33 heavy (non-hydrogen) atoms. The van der Waals surface area contributed by atoms with Gasteiger partial charge >= 0.3 is 0 Å². The highest BCUT2D eigenvalue weighted by molar-refractivity contribution is 7.80. The molecule has 5 nitrogen and oxygen atoms in total. The van der Waals surface area contributed by atoms with Crippen molar-refractivity contribution >= 4 is 28.7 Å². The number of rotatable bonds is 6. The molecule has 0 saturated carbocycles. The monoisotopic (exact) mass is 463 g/mol. The third kappa shape index (κ3) is 5.34. The maximum Gasteiger partial charge on any atom is 0.170 e. The second-order valence-electron chi connectivity index (χ2n) is 10.2. The zero-order valence-electron chi connectivity index (χ0n) is 20.0. The molecule has 3 saturated heterocycles. The van der Waals surface area contributed by atoms with Crippen LogP contribution in [0.5, 0.6) is 0 Å². The highest BCUT2D eigenvalue weighted by atomic mass is 32.1. The number of fused-ring (bicyclic) bond motifs is 4. The average Bonchev–Trinajstić information content (AvgIpc) is 2.83. The van der Waals surface area contributed by atoms with Crippen LogP contribution in [0, 0.1) is 11.8 Å². The van der Waals surface area contributed by atoms with E-state index in [4.69, 9.17) is 12.2 Å². The summed E-state index contributed by atoms with van der Waals surface area (Å²) in [4.78, 5) is 7.51. The smallest absolute Gasteiger partial charge is 0.170 e. The molecule has 4 heterocycles. The van der Waals surface area contributed by atoms with E-state index in [2.05, 4.69) is 88.0 Å². The van der Waals surface area contributed by atoms with Crippen LogP contribution in [-0.2, 0) is 13.0 Å². The number of hydrogen-bond donors (Lipinski definition) is 2. The average molecular weight is 464 g/mol. The largest absolute Gasteiger partial charge is 0.378 e. The molecule has 4 aliphatic heterocycles. The van der Waals surface area contributed by atoms with Crippen LogP contribution in [0.4, 0.5) is 11.4 Å². The van der Waals surface area contributed by atoms with Gasteiger partial charge in [0.2, 0.25) is 0 Å². The van der Waals surface area contributed by atoms with E-state index in [1.807, 2.05) is 0 Å². The van der Waals surface area contributed by atoms with Gasteiger partial charge in [0, 0.05) is 64.2 Å². The Hall–Kier alpha value is -2.15. The van der Waals surface area contributed by atoms with Gasteiger partial charge in [-0.25, -0.2) is 0 Å². The molecule has 2 bridgehead atoms. The van der Waals surface area contributed by atoms with Crippen molar-refractivity contribution in [2.24, 2.45) is 11.8 Å². The maximum absolute atomic E-state index is 5.58. The van der Waals surface area contributed by atoms with Crippen molar-refractivity contribution in [3.05, 3.63) is 59.7 Å². The van der Waals surface area contributed by atoms with Gasteiger partial charge in [0.25, 0.3) is 0 Å². The SMILES string of the molecule is CN(C)c1ccc(NC(=S)NC[C@@H]2C[C@H]3CCN2C[C@@H]3CN2CCc3ccccc3C2)cc1. The summed E-state index contributed by atoms with van der Waals surface area (Å²) in [7, 11) is 4.11. The minimum Gasteiger partial charge on any atom is -0.378 e. The van der Waals surface area contributed by atoms with E-state index in [1.54, 1.807) is 5.56 Å². The lowest BCUT2D eigenvalue weighted by molar-refractivity contribution is -0.0120. The molecule has 3 fully saturated rings. The Bertz CT molecular complexity index is 959. The molecule has 4 atom stereocenters. The van der Waals surface area contributed by atoms with Crippen LogP contribution < -0.4 is 15.5 Å². The molecule has 0 amide bonds. The van der Waals surface area contributed by atoms with Crippen molar-refractivity contribution in [2.45, 2.75) is 31.8 Å². The fourth-order valence-corrected chi connectivity index (χ4v) is 6.14. The number of nitrogens with zero attached hydrogens (tertiary/aromatic N) is 3. The van der Waals surface area contributed by atoms with Gasteiger partial charge in [0.15, 0.2) is 5.11 Å². The summed E-state index contributed by atoms with van der Waals surface area (Å²) in [6, 6.07) is 18.0. The first-order chi connectivity index (χ1) is 16.0. The number of benzene rings is 2. The van der Waals surface area contributed by atoms with Gasteiger partial charge in [0.05, 0.1) is 0 Å². The molecule has 176 valence electrons. The molecule has 6 rings (SSSR count). The topological polar surface area (TPSA) is 33.8 Å². The summed E-state index contributed by atoms with van der Waals surface area (Å²) in [6.45, 7) is 6.99. The molecular weight excluding hydrogens is 426 g/mol. The van der Waals surface area contributed by atoms with Gasteiger partial charge in [-0.05, 0) is 85.3 Å². The van der Waals surface area contributed by atoms with E-state index in [9.17, 15) is 0 Å². The fourth-order valence-electron chi connectivity index (χ4n) is 5.94. The predicted octanol–water partition coefficient (Wildman–Crippen LogP) is 3.81. The van der Waals surface area contributed by atoms with E-state index in [-0.39, 0.29) is 0 Å². The number of piperidine rings is 3. The molecule has 0 aromatic heterocycles. The Morgan fingerprint density at radius 1 is 1.06 bits per heavy atom. The first kappa shape index (κ1) is 22.6. The lowest BCUT2D eigenvalue weighted by atomic mass is 9.75. The highest BCUT2D eigenvalue weighted by Gasteiger charge is 2.40. The van der Waals surface area contributed by atoms with E-state index in [1.165, 1.54) is 56.7 Å². The molecule has 6 heteroatoms. The van der Waals surface area contributed by atoms with Crippen molar-refractivity contribution in [1.29, 1.82) is 0 Å². The van der Waals surface area contributed by atoms with E-state index < -0.39 is 0 Å². The van der Waals surface area contributed by atoms with Crippen LogP contribution in [-0.4, -0.2) is 67.8 Å². The third-order valence-corrected chi connectivity index (χ3v) is 8.10. The van der Waals surface area contributed by atoms with Crippen LogP contribution in [0.3, 0.4) is 0 Å². The van der Waals surface area contributed by atoms with Crippen molar-refractivity contribution in [3.8, 4) is 0 Å². The summed E-state index contributed by atoms with van der Waals surface area (Å²) in [5.74, 6) is 1.65.